The Balaban J connectivity index is 0.000000387. The molecular weight excluding hydrogens is 1200 g/mol. The van der Waals surface area contributed by atoms with Gasteiger partial charge in [0.2, 0.25) is 5.91 Å². The number of carbonyl (C=O) groups is 3. The van der Waals surface area contributed by atoms with Gasteiger partial charge in [-0.15, -0.1) is 23.2 Å². The van der Waals surface area contributed by atoms with Gasteiger partial charge in [0.15, 0.2) is 11.6 Å². The number of Topliss-reactive ketones (excluding diaryl/α,β-unsaturated/α-hetero) is 2. The first-order valence-corrected chi connectivity index (χ1v) is 30.3. The normalized spacial score (nSPS) is 17.3. The number of ketones is 2. The van der Waals surface area contributed by atoms with Gasteiger partial charge >= 0.3 is 65.5 Å². The van der Waals surface area contributed by atoms with E-state index in [2.05, 4.69) is 53.2 Å². The molecule has 2 saturated heterocycles. The summed E-state index contributed by atoms with van der Waals surface area (Å²) in [5.41, 5.74) is 6.97. The number of rotatable bonds is 13. The maximum absolute atomic E-state index is 12.9. The predicted molar refractivity (Wildman–Crippen MR) is 351 cm³/mol. The van der Waals surface area contributed by atoms with Crippen molar-refractivity contribution in [1.29, 1.82) is 10.5 Å². The second-order valence-corrected chi connectivity index (χ2v) is 22.8. The van der Waals surface area contributed by atoms with E-state index >= 15 is 0 Å². The number of hydrogen-bond acceptors (Lipinski definition) is 12. The number of halogens is 3. The largest absolute Gasteiger partial charge is 1.00 e. The SMILES string of the molecule is C.CB(O)N1CCCC(C(=O)c2ccc3c(CC#N)c(C)ccc3c2)C1.CB(O)N1CCCC(C(=O)c2ccc3c(CCl)c(C)ccc3c2)C1.CON(C)C(=O)C1CCCC(B(C)O)C1.COc1ccc2cc(Br)ccc2c1CCl.[2H]CC.[C-]#N.[K+]. The molecule has 0 bridgehead atoms. The molecule has 13 nitrogen and oxygen atoms in total. The minimum Gasteiger partial charge on any atom is -0.512 e. The zero-order valence-electron chi connectivity index (χ0n) is 51.8. The summed E-state index contributed by atoms with van der Waals surface area (Å²) >= 11 is 15.5. The van der Waals surface area contributed by atoms with E-state index in [-0.39, 0.29) is 107 Å². The van der Waals surface area contributed by atoms with Gasteiger partial charge < -0.3 is 41.3 Å². The van der Waals surface area contributed by atoms with Crippen LogP contribution in [0.4, 0.5) is 0 Å². The number of piperidine rings is 2. The fraction of sp³-hybridized carbons (Fsp3) is 0.462. The molecule has 4 unspecified atom stereocenters. The van der Waals surface area contributed by atoms with Crippen LogP contribution in [0.1, 0.15) is 123 Å². The molecule has 85 heavy (non-hydrogen) atoms. The summed E-state index contributed by atoms with van der Waals surface area (Å²) in [6.07, 6.45) is 7.75. The van der Waals surface area contributed by atoms with E-state index in [1.165, 1.54) is 23.1 Å². The minimum atomic E-state index is -0.510. The monoisotopic (exact) mass is 1290 g/mol. The van der Waals surface area contributed by atoms with Gasteiger partial charge in [0.1, 0.15) is 5.75 Å². The molecule has 450 valence electrons. The summed E-state index contributed by atoms with van der Waals surface area (Å²) in [6.45, 7) is 19.1. The molecule has 6 aromatic rings. The van der Waals surface area contributed by atoms with Crippen molar-refractivity contribution < 1.29 is 91.8 Å². The number of benzene rings is 6. The molecule has 3 fully saturated rings. The Morgan fingerprint density at radius 2 is 1.16 bits per heavy atom. The topological polar surface area (TPSA) is 188 Å². The molecule has 3 N–H and O–H groups in total. The summed E-state index contributed by atoms with van der Waals surface area (Å²) in [6, 6.07) is 32.2. The molecule has 1 saturated carbocycles. The number of aryl methyl sites for hydroxylation is 2. The summed E-state index contributed by atoms with van der Waals surface area (Å²) in [7, 11) is 3.78. The average molecular weight is 1290 g/mol. The molecule has 1 amide bonds. The molecule has 3 aliphatic rings. The molecule has 0 spiro atoms. The van der Waals surface area contributed by atoms with Crippen LogP contribution in [0, 0.1) is 54.8 Å². The van der Waals surface area contributed by atoms with E-state index in [1.54, 1.807) is 41.6 Å². The molecule has 0 radical (unpaired) electrons. The number of amides is 1. The predicted octanol–water partition coefficient (Wildman–Crippen LogP) is 11.4. The van der Waals surface area contributed by atoms with Crippen molar-refractivity contribution in [2.45, 2.75) is 131 Å². The van der Waals surface area contributed by atoms with Gasteiger partial charge in [0.05, 0.1) is 32.6 Å². The standard InChI is InChI=1S/C20H23BN2O2.C19H23BClNO2.C12H10BrClO.C10H20BNO3.C2H6.CN.CH4.K/c1-14-5-6-15-12-16(7-8-19(15)18(14)9-10-22)20(24)17-4-3-11-23(13-17)21(2)25;1-13-5-6-14-10-15(7-8-17(14)18(13)11-21)19(23)16-4-3-9-22(12-16)20(2)24;1-15-12-5-2-8-6-9(13)3-4-10(8)11(12)7-14;1-11(14)9-6-4-5-8(7-9)10(13)12(2)15-3;2*1-2;;/h5-8,12,17,25H,3-4,9,11,13H2,1-2H3;5-8,10,16,24H,3-4,9,11-12H2,1-2H3;2-6H,7H2,1H3;8-9,14H,4-7H2,1-3H3;1-2H3;;1H4;/q;;;;;-1;;+1/i;;;;1D;;;. The maximum atomic E-state index is 12.9. The average Bonchev–Trinajstić information content (AvgIpc) is 1.45. The van der Waals surface area contributed by atoms with Crippen LogP contribution in [-0.2, 0) is 27.8 Å². The number of nitriles is 1. The zero-order valence-corrected chi connectivity index (χ0v) is 57.0. The van der Waals surface area contributed by atoms with E-state index in [1.807, 2.05) is 83.3 Å². The molecule has 2 aliphatic heterocycles. The number of nitrogens with zero attached hydrogens (tertiary/aromatic N) is 5. The Hall–Kier alpha value is -3.66. The van der Waals surface area contributed by atoms with E-state index in [0.717, 1.165) is 135 Å². The van der Waals surface area contributed by atoms with Crippen LogP contribution in [-0.4, -0.2) is 116 Å². The van der Waals surface area contributed by atoms with Crippen LogP contribution in [0.3, 0.4) is 0 Å². The fourth-order valence-electron chi connectivity index (χ4n) is 11.3. The Labute approximate surface area is 570 Å². The molecule has 9 rings (SSSR count). The first kappa shape index (κ1) is 75.6. The Bertz CT molecular complexity index is 3200. The molecule has 20 heteroatoms. The maximum Gasteiger partial charge on any atom is 1.00 e. The number of ether oxygens (including phenoxy) is 1. The van der Waals surface area contributed by atoms with E-state index in [4.69, 9.17) is 51.2 Å². The van der Waals surface area contributed by atoms with Crippen molar-refractivity contribution in [1.82, 2.24) is 14.7 Å². The van der Waals surface area contributed by atoms with Gasteiger partial charge in [-0.25, -0.2) is 5.06 Å². The van der Waals surface area contributed by atoms with Gasteiger partial charge in [-0.05, 0) is 183 Å². The Morgan fingerprint density at radius 1 is 0.718 bits per heavy atom. The van der Waals surface area contributed by atoms with Crippen molar-refractivity contribution in [2.24, 2.45) is 17.8 Å². The molecule has 4 atom stereocenters. The third kappa shape index (κ3) is 21.5. The number of carbonyl (C=O) groups excluding carboxylic acids is 3. The van der Waals surface area contributed by atoms with Crippen molar-refractivity contribution in [3.05, 3.63) is 141 Å². The first-order chi connectivity index (χ1) is 40.2. The smallest absolute Gasteiger partial charge is 0.512 e. The van der Waals surface area contributed by atoms with Crippen LogP contribution in [0.5, 0.6) is 5.75 Å². The van der Waals surface area contributed by atoms with Gasteiger partial charge in [-0.2, -0.15) is 5.26 Å². The van der Waals surface area contributed by atoms with E-state index in [0.29, 0.717) is 38.2 Å². The van der Waals surface area contributed by atoms with Crippen molar-refractivity contribution in [3.8, 4) is 11.8 Å². The zero-order chi connectivity index (χ0) is 62.2. The van der Waals surface area contributed by atoms with Gasteiger partial charge in [0.25, 0.3) is 6.92 Å². The second-order valence-electron chi connectivity index (χ2n) is 21.4. The number of hydroxylamine groups is 2. The van der Waals surface area contributed by atoms with Crippen LogP contribution in [0.25, 0.3) is 32.3 Å². The minimum absolute atomic E-state index is 0. The first-order valence-electron chi connectivity index (χ1n) is 29.2. The fourth-order valence-corrected chi connectivity index (χ4v) is 12.3. The van der Waals surface area contributed by atoms with Gasteiger partial charge in [-0.3, -0.25) is 19.2 Å². The molecule has 6 aromatic carbocycles. The van der Waals surface area contributed by atoms with Crippen molar-refractivity contribution in [3.63, 3.8) is 0 Å². The molecule has 2 heterocycles. The van der Waals surface area contributed by atoms with E-state index < -0.39 is 14.1 Å². The van der Waals surface area contributed by atoms with Crippen LogP contribution in [0.15, 0.2) is 95.5 Å². The third-order valence-electron chi connectivity index (χ3n) is 16.1. The summed E-state index contributed by atoms with van der Waals surface area (Å²) in [5, 5.41) is 52.2. The van der Waals surface area contributed by atoms with Crippen LogP contribution in [0.2, 0.25) is 26.3 Å². The number of alkyl halides is 2. The van der Waals surface area contributed by atoms with Crippen LogP contribution < -0.4 is 56.1 Å². The summed E-state index contributed by atoms with van der Waals surface area (Å²) < 4.78 is 12.6. The summed E-state index contributed by atoms with van der Waals surface area (Å²) in [5.74, 6) is 2.31. The third-order valence-corrected chi connectivity index (χ3v) is 17.2. The van der Waals surface area contributed by atoms with Gasteiger partial charge in [0, 0.05) is 53.2 Å². The second kappa shape index (κ2) is 39.4. The molecule has 1 aliphatic carbocycles. The van der Waals surface area contributed by atoms with Crippen molar-refractivity contribution in [2.75, 3.05) is 47.4 Å². The molecular formula is C65H86B3BrCl2KN5O8. The number of fused-ring (bicyclic) bond motifs is 3. The summed E-state index contributed by atoms with van der Waals surface area (Å²) in [4.78, 5) is 46.5. The Kier molecular flexibility index (Phi) is 35.0. The Morgan fingerprint density at radius 3 is 1.62 bits per heavy atom. The van der Waals surface area contributed by atoms with E-state index in [9.17, 15) is 29.5 Å². The quantitative estimate of drug-likeness (QED) is 0.0327. The van der Waals surface area contributed by atoms with Crippen LogP contribution >= 0.6 is 39.1 Å². The van der Waals surface area contributed by atoms with Gasteiger partial charge in [-0.1, -0.05) is 118 Å². The number of hydrogen-bond donors (Lipinski definition) is 3. The van der Waals surface area contributed by atoms with Crippen molar-refractivity contribution >= 4 is 110 Å². The number of methoxy groups -OCH3 is 1. The molecule has 0 aromatic heterocycles.